The van der Waals surface area contributed by atoms with Crippen molar-refractivity contribution in [2.45, 2.75) is 6.42 Å². The number of carbonyl (C=O) groups is 1. The van der Waals surface area contributed by atoms with E-state index in [2.05, 4.69) is 14.7 Å². The van der Waals surface area contributed by atoms with Gasteiger partial charge >= 0.3 is 5.97 Å². The average Bonchev–Trinajstić information content (AvgIpc) is 2.58. The number of methoxy groups -OCH3 is 1. The number of rotatable bonds is 4. The van der Waals surface area contributed by atoms with Crippen molar-refractivity contribution in [2.75, 3.05) is 7.11 Å². The Kier molecular flexibility index (Phi) is 4.33. The van der Waals surface area contributed by atoms with Crippen LogP contribution in [-0.4, -0.2) is 23.0 Å². The largest absolute Gasteiger partial charge is 0.469 e. The molecule has 1 heterocycles. The van der Waals surface area contributed by atoms with Crippen LogP contribution in [0.25, 0.3) is 11.0 Å². The van der Waals surface area contributed by atoms with Gasteiger partial charge in [-0.1, -0.05) is 12.1 Å². The molecule has 0 atom stereocenters. The Balaban J connectivity index is 1.79. The maximum Gasteiger partial charge on any atom is 0.309 e. The molecule has 3 rings (SSSR count). The van der Waals surface area contributed by atoms with Crippen molar-refractivity contribution in [1.29, 1.82) is 0 Å². The van der Waals surface area contributed by atoms with Gasteiger partial charge in [-0.3, -0.25) is 4.79 Å². The summed E-state index contributed by atoms with van der Waals surface area (Å²) in [6.45, 7) is 0. The topological polar surface area (TPSA) is 61.3 Å². The minimum absolute atomic E-state index is 0.147. The minimum Gasteiger partial charge on any atom is -0.469 e. The third kappa shape index (κ3) is 3.45. The molecule has 24 heavy (non-hydrogen) atoms. The lowest BCUT2D eigenvalue weighted by molar-refractivity contribution is -0.139. The summed E-state index contributed by atoms with van der Waals surface area (Å²) in [5, 5.41) is 0. The molecule has 0 aliphatic carbocycles. The van der Waals surface area contributed by atoms with Gasteiger partial charge in [-0.2, -0.15) is 0 Å². The second-order valence-electron chi connectivity index (χ2n) is 4.96. The summed E-state index contributed by atoms with van der Waals surface area (Å²) in [6.07, 6.45) is 1.49. The van der Waals surface area contributed by atoms with Crippen LogP contribution in [0.5, 0.6) is 11.6 Å². The Labute approximate surface area is 135 Å². The van der Waals surface area contributed by atoms with E-state index in [1.54, 1.807) is 24.3 Å². The lowest BCUT2D eigenvalue weighted by atomic mass is 10.1. The second-order valence-corrected chi connectivity index (χ2v) is 4.96. The molecular formula is C17H12F2N2O3. The lowest BCUT2D eigenvalue weighted by Crippen LogP contribution is -2.04. The molecule has 122 valence electrons. The summed E-state index contributed by atoms with van der Waals surface area (Å²) in [5.41, 5.74) is 1.19. The van der Waals surface area contributed by atoms with Crippen molar-refractivity contribution in [3.8, 4) is 11.6 Å². The highest BCUT2D eigenvalue weighted by molar-refractivity contribution is 5.74. The smallest absolute Gasteiger partial charge is 0.309 e. The van der Waals surface area contributed by atoms with E-state index in [1.165, 1.54) is 13.3 Å². The summed E-state index contributed by atoms with van der Waals surface area (Å²) in [6, 6.07) is 8.70. The molecule has 5 nitrogen and oxygen atoms in total. The number of fused-ring (bicyclic) bond motifs is 1. The van der Waals surface area contributed by atoms with E-state index >= 15 is 0 Å². The highest BCUT2D eigenvalue weighted by Gasteiger charge is 2.08. The first kappa shape index (κ1) is 15.8. The van der Waals surface area contributed by atoms with Crippen LogP contribution in [0, 0.1) is 11.6 Å². The average molecular weight is 330 g/mol. The molecular weight excluding hydrogens is 318 g/mol. The Morgan fingerprint density at radius 2 is 1.75 bits per heavy atom. The summed E-state index contributed by atoms with van der Waals surface area (Å²) in [4.78, 5) is 19.3. The van der Waals surface area contributed by atoms with Gasteiger partial charge in [0, 0.05) is 12.1 Å². The summed E-state index contributed by atoms with van der Waals surface area (Å²) >= 11 is 0. The SMILES string of the molecule is COC(=O)Cc1ccc(Oc2cnc3cc(F)c(F)cc3n2)cc1. The summed E-state index contributed by atoms with van der Waals surface area (Å²) < 4.78 is 36.5. The fraction of sp³-hybridized carbons (Fsp3) is 0.118. The van der Waals surface area contributed by atoms with Crippen molar-refractivity contribution >= 4 is 17.0 Å². The van der Waals surface area contributed by atoms with Crippen LogP contribution in [0.1, 0.15) is 5.56 Å². The van der Waals surface area contributed by atoms with Crippen molar-refractivity contribution in [3.63, 3.8) is 0 Å². The van der Waals surface area contributed by atoms with Crippen LogP contribution in [0.4, 0.5) is 8.78 Å². The molecule has 1 aromatic heterocycles. The Hall–Kier alpha value is -3.09. The molecule has 7 heteroatoms. The van der Waals surface area contributed by atoms with E-state index in [0.29, 0.717) is 5.75 Å². The number of nitrogens with zero attached hydrogens (tertiary/aromatic N) is 2. The molecule has 2 aromatic carbocycles. The standard InChI is InChI=1S/C17H12F2N2O3/c1-23-17(22)6-10-2-4-11(5-3-10)24-16-9-20-14-7-12(18)13(19)8-15(14)21-16/h2-5,7-9H,6H2,1H3. The van der Waals surface area contributed by atoms with E-state index in [0.717, 1.165) is 17.7 Å². The summed E-state index contributed by atoms with van der Waals surface area (Å²) in [7, 11) is 1.33. The maximum absolute atomic E-state index is 13.3. The number of halogens is 2. The number of ether oxygens (including phenoxy) is 2. The molecule has 0 aliphatic heterocycles. The molecule has 0 saturated carbocycles. The van der Waals surface area contributed by atoms with Crippen molar-refractivity contribution in [2.24, 2.45) is 0 Å². The van der Waals surface area contributed by atoms with Gasteiger partial charge in [0.15, 0.2) is 11.6 Å². The Bertz CT molecular complexity index is 898. The zero-order chi connectivity index (χ0) is 17.1. The number of esters is 1. The molecule has 0 N–H and O–H groups in total. The molecule has 0 aliphatic rings. The van der Waals surface area contributed by atoms with E-state index in [-0.39, 0.29) is 29.3 Å². The molecule has 0 saturated heterocycles. The van der Waals surface area contributed by atoms with Gasteiger partial charge in [0.1, 0.15) is 5.75 Å². The molecule has 3 aromatic rings. The molecule has 0 radical (unpaired) electrons. The van der Waals surface area contributed by atoms with Crippen molar-refractivity contribution < 1.29 is 23.0 Å². The number of carbonyl (C=O) groups excluding carboxylic acids is 1. The first-order valence-corrected chi connectivity index (χ1v) is 7.00. The predicted molar refractivity (Wildman–Crippen MR) is 81.7 cm³/mol. The predicted octanol–water partition coefficient (Wildman–Crippen LogP) is 3.42. The Morgan fingerprint density at radius 3 is 2.42 bits per heavy atom. The van der Waals surface area contributed by atoms with Crippen LogP contribution in [0.15, 0.2) is 42.6 Å². The van der Waals surface area contributed by atoms with Gasteiger partial charge < -0.3 is 9.47 Å². The van der Waals surface area contributed by atoms with Gasteiger partial charge in [-0.05, 0) is 17.7 Å². The first-order chi connectivity index (χ1) is 11.5. The fourth-order valence-electron chi connectivity index (χ4n) is 2.08. The van der Waals surface area contributed by atoms with Crippen LogP contribution in [-0.2, 0) is 16.0 Å². The van der Waals surface area contributed by atoms with Gasteiger partial charge in [0.25, 0.3) is 0 Å². The summed E-state index contributed by atoms with van der Waals surface area (Å²) in [5.74, 6) is -1.69. The maximum atomic E-state index is 13.3. The zero-order valence-electron chi connectivity index (χ0n) is 12.6. The van der Waals surface area contributed by atoms with E-state index < -0.39 is 11.6 Å². The quantitative estimate of drug-likeness (QED) is 0.686. The molecule has 0 unspecified atom stereocenters. The van der Waals surface area contributed by atoms with Crippen LogP contribution >= 0.6 is 0 Å². The molecule has 0 bridgehead atoms. The first-order valence-electron chi connectivity index (χ1n) is 7.00. The van der Waals surface area contributed by atoms with Gasteiger partial charge in [0.2, 0.25) is 5.88 Å². The highest BCUT2D eigenvalue weighted by Crippen LogP contribution is 2.22. The highest BCUT2D eigenvalue weighted by atomic mass is 19.2. The van der Waals surface area contributed by atoms with Crippen molar-refractivity contribution in [3.05, 3.63) is 59.8 Å². The lowest BCUT2D eigenvalue weighted by Gasteiger charge is -2.06. The normalized spacial score (nSPS) is 10.6. The zero-order valence-corrected chi connectivity index (χ0v) is 12.6. The van der Waals surface area contributed by atoms with Gasteiger partial charge in [-0.15, -0.1) is 0 Å². The molecule has 0 spiro atoms. The number of hydrogen-bond acceptors (Lipinski definition) is 5. The monoisotopic (exact) mass is 330 g/mol. The molecule has 0 amide bonds. The molecule has 0 fully saturated rings. The fourth-order valence-corrected chi connectivity index (χ4v) is 2.08. The van der Waals surface area contributed by atoms with E-state index in [9.17, 15) is 13.6 Å². The van der Waals surface area contributed by atoms with Crippen molar-refractivity contribution in [1.82, 2.24) is 9.97 Å². The third-order valence-electron chi connectivity index (χ3n) is 3.28. The van der Waals surface area contributed by atoms with E-state index in [4.69, 9.17) is 4.74 Å². The van der Waals surface area contributed by atoms with E-state index in [1.807, 2.05) is 0 Å². The van der Waals surface area contributed by atoms with Crippen LogP contribution in [0.2, 0.25) is 0 Å². The number of benzene rings is 2. The van der Waals surface area contributed by atoms with Gasteiger partial charge in [0.05, 0.1) is 30.8 Å². The number of hydrogen-bond donors (Lipinski definition) is 0. The van der Waals surface area contributed by atoms with Crippen LogP contribution in [0.3, 0.4) is 0 Å². The second kappa shape index (κ2) is 6.57. The minimum atomic E-state index is -0.999. The number of aromatic nitrogens is 2. The van der Waals surface area contributed by atoms with Crippen LogP contribution < -0.4 is 4.74 Å². The Morgan fingerprint density at radius 1 is 1.08 bits per heavy atom. The van der Waals surface area contributed by atoms with Gasteiger partial charge in [-0.25, -0.2) is 18.7 Å². The third-order valence-corrected chi connectivity index (χ3v) is 3.28.